The number of hydrogen-bond acceptors (Lipinski definition) is 3. The Morgan fingerprint density at radius 2 is 2.21 bits per heavy atom. The number of fused-ring (bicyclic) bond motifs is 1. The molecule has 0 fully saturated rings. The molecule has 0 N–H and O–H groups in total. The molecule has 0 unspecified atom stereocenters. The van der Waals surface area contributed by atoms with E-state index in [1.165, 1.54) is 16.4 Å². The molecule has 0 aromatic carbocycles. The second-order valence-corrected chi connectivity index (χ2v) is 6.38. The van der Waals surface area contributed by atoms with Crippen molar-refractivity contribution >= 4 is 23.4 Å². The maximum atomic E-state index is 4.51. The first-order valence-electron chi connectivity index (χ1n) is 7.06. The minimum absolute atomic E-state index is 0.590. The maximum Gasteiger partial charge on any atom is 0.117 e. The Balaban J connectivity index is 2.56. The molecular formula is C16H22N2S. The van der Waals surface area contributed by atoms with Crippen LogP contribution in [0.5, 0.6) is 0 Å². The fourth-order valence-electron chi connectivity index (χ4n) is 2.21. The maximum absolute atomic E-state index is 4.51. The monoisotopic (exact) mass is 274 g/mol. The van der Waals surface area contributed by atoms with Gasteiger partial charge in [0, 0.05) is 10.5 Å². The van der Waals surface area contributed by atoms with E-state index in [-0.39, 0.29) is 0 Å². The predicted octanol–water partition coefficient (Wildman–Crippen LogP) is 3.06. The fourth-order valence-corrected chi connectivity index (χ4v) is 3.17. The first kappa shape index (κ1) is 14.3. The molecule has 0 radical (unpaired) electrons. The van der Waals surface area contributed by atoms with Crippen LogP contribution in [-0.2, 0) is 0 Å². The molecule has 0 aliphatic heterocycles. The lowest BCUT2D eigenvalue weighted by Gasteiger charge is -2.14. The molecule has 19 heavy (non-hydrogen) atoms. The fraction of sp³-hybridized carbons (Fsp3) is 0.500. The van der Waals surface area contributed by atoms with Crippen molar-refractivity contribution in [2.75, 3.05) is 0 Å². The van der Waals surface area contributed by atoms with Gasteiger partial charge in [-0.05, 0) is 31.3 Å². The van der Waals surface area contributed by atoms with E-state index in [0.29, 0.717) is 5.25 Å². The second kappa shape index (κ2) is 6.38. The van der Waals surface area contributed by atoms with Crippen molar-refractivity contribution in [3.05, 3.63) is 29.0 Å². The summed E-state index contributed by atoms with van der Waals surface area (Å²) in [5, 5.41) is 4.05. The van der Waals surface area contributed by atoms with Gasteiger partial charge in [0.25, 0.3) is 0 Å². The van der Waals surface area contributed by atoms with Gasteiger partial charge in [0.05, 0.1) is 5.35 Å². The van der Waals surface area contributed by atoms with Crippen molar-refractivity contribution in [3.8, 4) is 0 Å². The topological polar surface area (TPSA) is 25.8 Å². The molecule has 1 aromatic rings. The molecule has 3 heteroatoms. The summed E-state index contributed by atoms with van der Waals surface area (Å²) >= 11 is 1.85. The van der Waals surface area contributed by atoms with Crippen LogP contribution in [0.3, 0.4) is 0 Å². The minimum atomic E-state index is 0.590. The van der Waals surface area contributed by atoms with Gasteiger partial charge in [-0.3, -0.25) is 0 Å². The largest absolute Gasteiger partial charge is 0.236 e. The van der Waals surface area contributed by atoms with Crippen molar-refractivity contribution in [3.63, 3.8) is 0 Å². The molecule has 1 heterocycles. The summed E-state index contributed by atoms with van der Waals surface area (Å²) in [6, 6.07) is 0. The van der Waals surface area contributed by atoms with Gasteiger partial charge in [-0.1, -0.05) is 39.0 Å². The van der Waals surface area contributed by atoms with Crippen molar-refractivity contribution < 1.29 is 0 Å². The zero-order valence-corrected chi connectivity index (χ0v) is 12.9. The number of aromatic nitrogens is 2. The number of rotatable bonds is 5. The molecule has 0 saturated carbocycles. The summed E-state index contributed by atoms with van der Waals surface area (Å²) in [5.74, 6) is 0. The van der Waals surface area contributed by atoms with E-state index < -0.39 is 0 Å². The number of thioether (sulfide) groups is 1. The van der Waals surface area contributed by atoms with Crippen molar-refractivity contribution in [1.29, 1.82) is 0 Å². The Labute approximate surface area is 119 Å². The molecule has 0 saturated heterocycles. The number of hydrogen-bond donors (Lipinski definition) is 0. The van der Waals surface area contributed by atoms with E-state index in [1.54, 1.807) is 6.33 Å². The van der Waals surface area contributed by atoms with E-state index in [2.05, 4.69) is 43.4 Å². The minimum Gasteiger partial charge on any atom is -0.236 e. The summed E-state index contributed by atoms with van der Waals surface area (Å²) in [6.07, 6.45) is 8.26. The van der Waals surface area contributed by atoms with Crippen molar-refractivity contribution in [1.82, 2.24) is 9.97 Å². The van der Waals surface area contributed by atoms with Crippen molar-refractivity contribution in [2.24, 2.45) is 0 Å². The first-order valence-corrected chi connectivity index (χ1v) is 7.94. The average molecular weight is 274 g/mol. The molecule has 2 nitrogen and oxygen atoms in total. The molecular weight excluding hydrogens is 252 g/mol. The number of allylic oxidation sites excluding steroid dienone is 1. The molecule has 0 spiro atoms. The first-order chi connectivity index (χ1) is 9.17. The Kier molecular flexibility index (Phi) is 4.81. The van der Waals surface area contributed by atoms with Gasteiger partial charge < -0.3 is 0 Å². The van der Waals surface area contributed by atoms with Crippen LogP contribution in [0.4, 0.5) is 0 Å². The van der Waals surface area contributed by atoms with Crippen molar-refractivity contribution in [2.45, 2.75) is 56.7 Å². The zero-order valence-electron chi connectivity index (χ0n) is 12.1. The lowest BCUT2D eigenvalue weighted by atomic mass is 9.96. The summed E-state index contributed by atoms with van der Waals surface area (Å²) in [5.41, 5.74) is 2.54. The molecule has 102 valence electrons. The van der Waals surface area contributed by atoms with Gasteiger partial charge in [-0.2, -0.15) is 0 Å². The summed E-state index contributed by atoms with van der Waals surface area (Å²) in [4.78, 5) is 8.99. The Hall–Kier alpha value is -1.09. The summed E-state index contributed by atoms with van der Waals surface area (Å²) in [6.45, 7) is 10.8. The van der Waals surface area contributed by atoms with Crippen LogP contribution in [0.1, 0.15) is 46.5 Å². The molecule has 1 aromatic heterocycles. The second-order valence-electron chi connectivity index (χ2n) is 4.96. The quantitative estimate of drug-likeness (QED) is 0.609. The highest BCUT2D eigenvalue weighted by Crippen LogP contribution is 2.22. The van der Waals surface area contributed by atoms with Crippen LogP contribution >= 0.6 is 11.8 Å². The van der Waals surface area contributed by atoms with Crippen LogP contribution in [-0.4, -0.2) is 15.2 Å². The summed E-state index contributed by atoms with van der Waals surface area (Å²) in [7, 11) is 0. The van der Waals surface area contributed by atoms with Crippen LogP contribution in [0.25, 0.3) is 11.6 Å². The van der Waals surface area contributed by atoms with Crippen LogP contribution < -0.4 is 10.6 Å². The molecule has 1 aliphatic carbocycles. The van der Waals surface area contributed by atoms with Gasteiger partial charge >= 0.3 is 0 Å². The average Bonchev–Trinajstić information content (AvgIpc) is 2.46. The highest BCUT2D eigenvalue weighted by atomic mass is 32.2. The van der Waals surface area contributed by atoms with Gasteiger partial charge in [0.1, 0.15) is 11.4 Å². The molecule has 0 amide bonds. The van der Waals surface area contributed by atoms with E-state index >= 15 is 0 Å². The van der Waals surface area contributed by atoms with Gasteiger partial charge in [0.2, 0.25) is 0 Å². The highest BCUT2D eigenvalue weighted by molar-refractivity contribution is 7.99. The van der Waals surface area contributed by atoms with Gasteiger partial charge in [0.15, 0.2) is 0 Å². The van der Waals surface area contributed by atoms with Crippen LogP contribution in [0.2, 0.25) is 0 Å². The third-order valence-electron chi connectivity index (χ3n) is 3.62. The molecule has 1 atom stereocenters. The molecule has 1 aliphatic rings. The Morgan fingerprint density at radius 1 is 1.42 bits per heavy atom. The zero-order chi connectivity index (χ0) is 13.8. The Morgan fingerprint density at radius 3 is 2.89 bits per heavy atom. The normalized spacial score (nSPS) is 15.6. The van der Waals surface area contributed by atoms with Gasteiger partial charge in [-0.25, -0.2) is 9.97 Å². The van der Waals surface area contributed by atoms with E-state index in [9.17, 15) is 0 Å². The number of nitrogens with zero attached hydrogens (tertiary/aromatic N) is 2. The molecule has 0 bridgehead atoms. The van der Waals surface area contributed by atoms with E-state index in [4.69, 9.17) is 0 Å². The van der Waals surface area contributed by atoms with Crippen LogP contribution in [0.15, 0.2) is 23.5 Å². The lowest BCUT2D eigenvalue weighted by Crippen LogP contribution is -2.36. The smallest absolute Gasteiger partial charge is 0.117 e. The third-order valence-corrected chi connectivity index (χ3v) is 4.90. The van der Waals surface area contributed by atoms with E-state index in [1.807, 2.05) is 11.8 Å². The lowest BCUT2D eigenvalue weighted by molar-refractivity contribution is 0.886. The third kappa shape index (κ3) is 3.08. The summed E-state index contributed by atoms with van der Waals surface area (Å²) < 4.78 is 0. The molecule has 2 rings (SSSR count). The Bertz CT molecular complexity index is 589. The predicted molar refractivity (Wildman–Crippen MR) is 83.4 cm³/mol. The van der Waals surface area contributed by atoms with Gasteiger partial charge in [-0.15, -0.1) is 11.8 Å². The standard InChI is InChI=1S/C16H22N2S/c1-5-11(3)13-8-7-9-14-15(13)17-10-18-16(14)19-12(4)6-2/h9-10,12H,3,5-8H2,1-2,4H3/t12-/m0/s1. The van der Waals surface area contributed by atoms with E-state index in [0.717, 1.165) is 36.1 Å². The van der Waals surface area contributed by atoms with Crippen LogP contribution in [0, 0.1) is 0 Å². The highest BCUT2D eigenvalue weighted by Gasteiger charge is 2.12. The SMILES string of the molecule is C=C(CC)C1=c2ncnc(S[C@@H](C)CC)c2=CCC1.